The molecule has 3 aliphatic rings. The molecule has 0 aromatic heterocycles. The highest BCUT2D eigenvalue weighted by atomic mass is 16.5. The largest absolute Gasteiger partial charge is 0.367 e. The molecular weight excluding hydrogens is 240 g/mol. The average molecular weight is 266 g/mol. The molecule has 0 spiro atoms. The van der Waals surface area contributed by atoms with Gasteiger partial charge in [0, 0.05) is 25.6 Å². The van der Waals surface area contributed by atoms with E-state index in [4.69, 9.17) is 10.5 Å². The lowest BCUT2D eigenvalue weighted by atomic mass is 9.87. The molecule has 4 unspecified atom stereocenters. The second kappa shape index (κ2) is 4.74. The molecule has 1 heterocycles. The summed E-state index contributed by atoms with van der Waals surface area (Å²) in [5.41, 5.74) is 5.47. The maximum Gasteiger partial charge on any atom is 0.226 e. The van der Waals surface area contributed by atoms with Gasteiger partial charge in [-0.3, -0.25) is 4.79 Å². The Hall–Kier alpha value is -0.610. The molecule has 2 saturated carbocycles. The molecule has 2 N–H and O–H groups in total. The van der Waals surface area contributed by atoms with Crippen LogP contribution in [0.25, 0.3) is 0 Å². The lowest BCUT2D eigenvalue weighted by molar-refractivity contribution is -0.164. The third kappa shape index (κ3) is 2.52. The first-order valence-corrected chi connectivity index (χ1v) is 7.65. The van der Waals surface area contributed by atoms with Crippen molar-refractivity contribution in [1.82, 2.24) is 4.90 Å². The zero-order valence-corrected chi connectivity index (χ0v) is 12.1. The van der Waals surface area contributed by atoms with E-state index >= 15 is 0 Å². The van der Waals surface area contributed by atoms with Crippen molar-refractivity contribution >= 4 is 5.91 Å². The minimum absolute atomic E-state index is 0.00806. The molecule has 1 amide bonds. The summed E-state index contributed by atoms with van der Waals surface area (Å²) < 4.78 is 5.91. The van der Waals surface area contributed by atoms with Gasteiger partial charge in [0.05, 0.1) is 11.7 Å². The van der Waals surface area contributed by atoms with Gasteiger partial charge in [-0.2, -0.15) is 0 Å². The van der Waals surface area contributed by atoms with E-state index < -0.39 is 0 Å². The zero-order chi connectivity index (χ0) is 13.6. The topological polar surface area (TPSA) is 55.6 Å². The predicted octanol–water partition coefficient (Wildman–Crippen LogP) is 1.39. The lowest BCUT2D eigenvalue weighted by Crippen LogP contribution is -2.57. The zero-order valence-electron chi connectivity index (χ0n) is 12.1. The number of nitrogens with two attached hydrogens (primary N) is 1. The number of ether oxygens (including phenoxy) is 1. The van der Waals surface area contributed by atoms with Gasteiger partial charge < -0.3 is 15.4 Å². The Labute approximate surface area is 115 Å². The standard InChI is InChI=1S/C15H26N2O2/c1-15(2)9-17(8-12(7-16)19-15)14(18)13-6-10-3-4-11(13)5-10/h10-13H,3-9,16H2,1-2H3. The fourth-order valence-electron chi connectivity index (χ4n) is 4.37. The summed E-state index contributed by atoms with van der Waals surface area (Å²) in [7, 11) is 0. The van der Waals surface area contributed by atoms with E-state index in [1.54, 1.807) is 0 Å². The fourth-order valence-corrected chi connectivity index (χ4v) is 4.37. The Morgan fingerprint density at radius 2 is 2.16 bits per heavy atom. The van der Waals surface area contributed by atoms with Crippen LogP contribution in [0, 0.1) is 17.8 Å². The third-order valence-electron chi connectivity index (χ3n) is 5.11. The molecule has 3 rings (SSSR count). The molecule has 4 atom stereocenters. The van der Waals surface area contributed by atoms with Gasteiger partial charge in [0.1, 0.15) is 0 Å². The highest BCUT2D eigenvalue weighted by molar-refractivity contribution is 5.80. The molecule has 0 aromatic carbocycles. The molecule has 0 aromatic rings. The fraction of sp³-hybridized carbons (Fsp3) is 0.933. The Kier molecular flexibility index (Phi) is 3.34. The van der Waals surface area contributed by atoms with Gasteiger partial charge in [-0.05, 0) is 44.9 Å². The molecule has 2 aliphatic carbocycles. The summed E-state index contributed by atoms with van der Waals surface area (Å²) in [4.78, 5) is 14.8. The maximum absolute atomic E-state index is 12.8. The molecule has 0 radical (unpaired) electrons. The summed E-state index contributed by atoms with van der Waals surface area (Å²) in [6, 6.07) is 0. The number of carbonyl (C=O) groups is 1. The van der Waals surface area contributed by atoms with Crippen molar-refractivity contribution in [2.45, 2.75) is 51.2 Å². The van der Waals surface area contributed by atoms with Crippen molar-refractivity contribution in [3.8, 4) is 0 Å². The summed E-state index contributed by atoms with van der Waals surface area (Å²) in [5.74, 6) is 2.12. The van der Waals surface area contributed by atoms with Gasteiger partial charge in [-0.15, -0.1) is 0 Å². The second-order valence-corrected chi connectivity index (χ2v) is 7.24. The normalized spacial score (nSPS) is 40.7. The van der Waals surface area contributed by atoms with Crippen LogP contribution in [0.4, 0.5) is 0 Å². The third-order valence-corrected chi connectivity index (χ3v) is 5.11. The van der Waals surface area contributed by atoms with Gasteiger partial charge >= 0.3 is 0 Å². The van der Waals surface area contributed by atoms with Crippen LogP contribution in [0.3, 0.4) is 0 Å². The van der Waals surface area contributed by atoms with Gasteiger partial charge in [-0.1, -0.05) is 6.42 Å². The van der Waals surface area contributed by atoms with E-state index in [9.17, 15) is 4.79 Å². The molecule has 1 saturated heterocycles. The van der Waals surface area contributed by atoms with E-state index in [-0.39, 0.29) is 17.6 Å². The van der Waals surface area contributed by atoms with Gasteiger partial charge in [0.25, 0.3) is 0 Å². The van der Waals surface area contributed by atoms with Crippen LogP contribution < -0.4 is 5.73 Å². The molecule has 3 fully saturated rings. The lowest BCUT2D eigenvalue weighted by Gasteiger charge is -2.44. The number of fused-ring (bicyclic) bond motifs is 2. The number of hydrogen-bond acceptors (Lipinski definition) is 3. The highest BCUT2D eigenvalue weighted by Crippen LogP contribution is 2.49. The molecule has 1 aliphatic heterocycles. The second-order valence-electron chi connectivity index (χ2n) is 7.24. The number of rotatable bonds is 2. The van der Waals surface area contributed by atoms with Crippen LogP contribution in [-0.4, -0.2) is 42.1 Å². The molecule has 4 heteroatoms. The predicted molar refractivity (Wildman–Crippen MR) is 73.5 cm³/mol. The summed E-state index contributed by atoms with van der Waals surface area (Å²) in [6.45, 7) is 5.97. The van der Waals surface area contributed by atoms with E-state index in [1.807, 2.05) is 4.90 Å². The smallest absolute Gasteiger partial charge is 0.226 e. The van der Waals surface area contributed by atoms with Crippen LogP contribution in [0.1, 0.15) is 39.5 Å². The monoisotopic (exact) mass is 266 g/mol. The minimum Gasteiger partial charge on any atom is -0.367 e. The van der Waals surface area contributed by atoms with Crippen molar-refractivity contribution in [2.75, 3.05) is 19.6 Å². The summed E-state index contributed by atoms with van der Waals surface area (Å²) in [5, 5.41) is 0. The Bertz CT molecular complexity index is 369. The van der Waals surface area contributed by atoms with Crippen molar-refractivity contribution < 1.29 is 9.53 Å². The summed E-state index contributed by atoms with van der Waals surface area (Å²) >= 11 is 0. The van der Waals surface area contributed by atoms with Crippen molar-refractivity contribution in [3.63, 3.8) is 0 Å². The summed E-state index contributed by atoms with van der Waals surface area (Å²) in [6.07, 6.45) is 4.99. The Morgan fingerprint density at radius 1 is 1.37 bits per heavy atom. The maximum atomic E-state index is 12.8. The highest BCUT2D eigenvalue weighted by Gasteiger charge is 2.46. The first kappa shape index (κ1) is 13.4. The molecule has 4 nitrogen and oxygen atoms in total. The van der Waals surface area contributed by atoms with Crippen LogP contribution in [0.2, 0.25) is 0 Å². The number of carbonyl (C=O) groups excluding carboxylic acids is 1. The molecule has 2 bridgehead atoms. The number of hydrogen-bond donors (Lipinski definition) is 1. The van der Waals surface area contributed by atoms with Crippen molar-refractivity contribution in [1.29, 1.82) is 0 Å². The average Bonchev–Trinajstić information content (AvgIpc) is 2.98. The van der Waals surface area contributed by atoms with Gasteiger partial charge in [-0.25, -0.2) is 0 Å². The van der Waals surface area contributed by atoms with E-state index in [2.05, 4.69) is 13.8 Å². The van der Waals surface area contributed by atoms with E-state index in [0.717, 1.165) is 12.3 Å². The first-order chi connectivity index (χ1) is 8.98. The Morgan fingerprint density at radius 3 is 2.74 bits per heavy atom. The van der Waals surface area contributed by atoms with Crippen LogP contribution in [-0.2, 0) is 9.53 Å². The van der Waals surface area contributed by atoms with Crippen molar-refractivity contribution in [2.24, 2.45) is 23.5 Å². The quantitative estimate of drug-likeness (QED) is 0.821. The SMILES string of the molecule is CC1(C)CN(C(=O)C2CC3CCC2C3)CC(CN)O1. The molecular formula is C15H26N2O2. The van der Waals surface area contributed by atoms with Crippen molar-refractivity contribution in [3.05, 3.63) is 0 Å². The van der Waals surface area contributed by atoms with Gasteiger partial charge in [0.15, 0.2) is 0 Å². The number of amides is 1. The number of morpholine rings is 1. The van der Waals surface area contributed by atoms with Crippen LogP contribution in [0.5, 0.6) is 0 Å². The van der Waals surface area contributed by atoms with E-state index in [0.29, 0.717) is 31.5 Å². The molecule has 108 valence electrons. The number of nitrogens with zero attached hydrogens (tertiary/aromatic N) is 1. The Balaban J connectivity index is 1.69. The van der Waals surface area contributed by atoms with Gasteiger partial charge in [0.2, 0.25) is 5.91 Å². The van der Waals surface area contributed by atoms with Crippen LogP contribution in [0.15, 0.2) is 0 Å². The van der Waals surface area contributed by atoms with E-state index in [1.165, 1.54) is 19.3 Å². The minimum atomic E-state index is -0.268. The first-order valence-electron chi connectivity index (χ1n) is 7.65. The van der Waals surface area contributed by atoms with Crippen LogP contribution >= 0.6 is 0 Å². The molecule has 19 heavy (non-hydrogen) atoms.